The molecule has 2 atom stereocenters. The number of rotatable bonds is 1. The Bertz CT molecular complexity index is 297. The minimum absolute atomic E-state index is 0.208. The fourth-order valence-corrected chi connectivity index (χ4v) is 1.53. The first kappa shape index (κ1) is 10.4. The lowest BCUT2D eigenvalue weighted by Gasteiger charge is -2.25. The number of cyclic esters (lactones) is 2. The van der Waals surface area contributed by atoms with Crippen molar-refractivity contribution >= 4 is 11.9 Å². The van der Waals surface area contributed by atoms with E-state index in [9.17, 15) is 9.59 Å². The van der Waals surface area contributed by atoms with Gasteiger partial charge in [-0.3, -0.25) is 0 Å². The molecule has 0 saturated carbocycles. The Morgan fingerprint density at radius 1 is 1.33 bits per heavy atom. The zero-order valence-electron chi connectivity index (χ0n) is 8.52. The van der Waals surface area contributed by atoms with Crippen molar-refractivity contribution in [1.29, 1.82) is 0 Å². The molecule has 2 heterocycles. The molecular formula is C9H12O6. The Morgan fingerprint density at radius 3 is 2.67 bits per heavy atom. The summed E-state index contributed by atoms with van der Waals surface area (Å²) < 4.78 is 20.2. The minimum Gasteiger partial charge on any atom is -0.451 e. The summed E-state index contributed by atoms with van der Waals surface area (Å²) in [6.07, 6.45) is -1.59. The Morgan fingerprint density at radius 2 is 2.07 bits per heavy atom. The van der Waals surface area contributed by atoms with E-state index < -0.39 is 29.9 Å². The molecule has 2 saturated heterocycles. The van der Waals surface area contributed by atoms with Crippen LogP contribution in [0.25, 0.3) is 0 Å². The van der Waals surface area contributed by atoms with Crippen molar-refractivity contribution in [2.75, 3.05) is 13.2 Å². The van der Waals surface area contributed by atoms with Gasteiger partial charge in [-0.1, -0.05) is 0 Å². The first-order chi connectivity index (χ1) is 6.98. The molecule has 0 spiro atoms. The first-order valence-corrected chi connectivity index (χ1v) is 4.66. The molecule has 6 heteroatoms. The van der Waals surface area contributed by atoms with Crippen LogP contribution in [0.4, 0.5) is 0 Å². The summed E-state index contributed by atoms with van der Waals surface area (Å²) in [5.74, 6) is -1.90. The molecule has 2 aliphatic rings. The Labute approximate surface area is 86.4 Å². The fourth-order valence-electron chi connectivity index (χ4n) is 1.53. The third kappa shape index (κ3) is 2.10. The molecule has 0 unspecified atom stereocenters. The predicted molar refractivity (Wildman–Crippen MR) is 45.7 cm³/mol. The predicted octanol–water partition coefficient (Wildman–Crippen LogP) is -0.394. The van der Waals surface area contributed by atoms with Crippen molar-refractivity contribution < 1.29 is 28.5 Å². The molecule has 2 aliphatic heterocycles. The van der Waals surface area contributed by atoms with Crippen LogP contribution >= 0.6 is 0 Å². The second kappa shape index (κ2) is 3.46. The molecule has 15 heavy (non-hydrogen) atoms. The van der Waals surface area contributed by atoms with Crippen LogP contribution in [0.3, 0.4) is 0 Å². The summed E-state index contributed by atoms with van der Waals surface area (Å²) in [5, 5.41) is 0. The maximum atomic E-state index is 11.3. The van der Waals surface area contributed by atoms with E-state index in [1.54, 1.807) is 13.8 Å². The van der Waals surface area contributed by atoms with Crippen molar-refractivity contribution in [2.24, 2.45) is 0 Å². The molecule has 2 rings (SSSR count). The largest absolute Gasteiger partial charge is 0.451 e. The summed E-state index contributed by atoms with van der Waals surface area (Å²) in [6.45, 7) is 3.33. The van der Waals surface area contributed by atoms with Crippen LogP contribution in [0.2, 0.25) is 0 Å². The standard InChI is InChI=1S/C9H12O6/c1-9(2)13-3-5(15-9)7-8(11)12-4-6(10)14-7/h5,7H,3-4H2,1-2H3/t5-,7-/m1/s1. The highest BCUT2D eigenvalue weighted by atomic mass is 16.8. The second-order valence-electron chi connectivity index (χ2n) is 3.89. The van der Waals surface area contributed by atoms with Crippen LogP contribution in [0.5, 0.6) is 0 Å². The van der Waals surface area contributed by atoms with E-state index >= 15 is 0 Å². The van der Waals surface area contributed by atoms with Gasteiger partial charge in [0.15, 0.2) is 12.4 Å². The van der Waals surface area contributed by atoms with Crippen molar-refractivity contribution in [3.8, 4) is 0 Å². The van der Waals surface area contributed by atoms with E-state index in [0.29, 0.717) is 0 Å². The fraction of sp³-hybridized carbons (Fsp3) is 0.778. The first-order valence-electron chi connectivity index (χ1n) is 4.66. The SMILES string of the molecule is CC1(C)OC[C@H]([C@H]2OC(=O)COC2=O)O1. The second-order valence-corrected chi connectivity index (χ2v) is 3.89. The number of carbonyl (C=O) groups excluding carboxylic acids is 2. The van der Waals surface area contributed by atoms with Crippen LogP contribution in [-0.4, -0.2) is 43.1 Å². The monoisotopic (exact) mass is 216 g/mol. The number of esters is 2. The van der Waals surface area contributed by atoms with Crippen LogP contribution in [0.15, 0.2) is 0 Å². The molecule has 0 radical (unpaired) electrons. The highest BCUT2D eigenvalue weighted by molar-refractivity contribution is 5.85. The molecule has 0 bridgehead atoms. The molecule has 6 nitrogen and oxygen atoms in total. The van der Waals surface area contributed by atoms with Crippen LogP contribution in [0.1, 0.15) is 13.8 Å². The van der Waals surface area contributed by atoms with Gasteiger partial charge in [-0.15, -0.1) is 0 Å². The molecular weight excluding hydrogens is 204 g/mol. The van der Waals surface area contributed by atoms with Gasteiger partial charge in [0, 0.05) is 0 Å². The normalized spacial score (nSPS) is 34.8. The van der Waals surface area contributed by atoms with Crippen molar-refractivity contribution in [3.63, 3.8) is 0 Å². The third-order valence-electron chi connectivity index (χ3n) is 2.19. The van der Waals surface area contributed by atoms with Gasteiger partial charge in [-0.05, 0) is 13.8 Å². The van der Waals surface area contributed by atoms with Gasteiger partial charge in [-0.2, -0.15) is 0 Å². The smallest absolute Gasteiger partial charge is 0.350 e. The highest BCUT2D eigenvalue weighted by Crippen LogP contribution is 2.26. The average molecular weight is 216 g/mol. The van der Waals surface area contributed by atoms with Crippen LogP contribution < -0.4 is 0 Å². The summed E-state index contributed by atoms with van der Waals surface area (Å²) in [6, 6.07) is 0. The van der Waals surface area contributed by atoms with E-state index in [1.165, 1.54) is 0 Å². The Hall–Kier alpha value is -1.14. The summed E-state index contributed by atoms with van der Waals surface area (Å²) in [5.41, 5.74) is 0. The van der Waals surface area contributed by atoms with E-state index in [0.717, 1.165) is 0 Å². The topological polar surface area (TPSA) is 71.1 Å². The number of ether oxygens (including phenoxy) is 4. The third-order valence-corrected chi connectivity index (χ3v) is 2.19. The molecule has 0 aromatic carbocycles. The van der Waals surface area contributed by atoms with Gasteiger partial charge in [0.2, 0.25) is 6.10 Å². The molecule has 0 aromatic heterocycles. The van der Waals surface area contributed by atoms with E-state index in [-0.39, 0.29) is 13.2 Å². The minimum atomic E-state index is -1.01. The molecule has 0 aliphatic carbocycles. The summed E-state index contributed by atoms with van der Waals surface area (Å²) >= 11 is 0. The van der Waals surface area contributed by atoms with E-state index in [4.69, 9.17) is 14.2 Å². The van der Waals surface area contributed by atoms with E-state index in [2.05, 4.69) is 4.74 Å². The lowest BCUT2D eigenvalue weighted by Crippen LogP contribution is -2.46. The Balaban J connectivity index is 2.04. The lowest BCUT2D eigenvalue weighted by atomic mass is 10.2. The van der Waals surface area contributed by atoms with Gasteiger partial charge >= 0.3 is 11.9 Å². The maximum absolute atomic E-state index is 11.3. The highest BCUT2D eigenvalue weighted by Gasteiger charge is 2.45. The lowest BCUT2D eigenvalue weighted by molar-refractivity contribution is -0.200. The molecule has 0 amide bonds. The summed E-state index contributed by atoms with van der Waals surface area (Å²) in [4.78, 5) is 22.2. The zero-order chi connectivity index (χ0) is 11.1. The molecule has 0 N–H and O–H groups in total. The number of hydrogen-bond acceptors (Lipinski definition) is 6. The van der Waals surface area contributed by atoms with E-state index in [1.807, 2.05) is 0 Å². The number of hydrogen-bond donors (Lipinski definition) is 0. The van der Waals surface area contributed by atoms with Crippen molar-refractivity contribution in [2.45, 2.75) is 31.8 Å². The van der Waals surface area contributed by atoms with Crippen LogP contribution in [0, 0.1) is 0 Å². The van der Waals surface area contributed by atoms with Gasteiger partial charge in [0.25, 0.3) is 0 Å². The zero-order valence-corrected chi connectivity index (χ0v) is 8.52. The van der Waals surface area contributed by atoms with Gasteiger partial charge in [0.05, 0.1) is 6.61 Å². The van der Waals surface area contributed by atoms with Crippen molar-refractivity contribution in [3.05, 3.63) is 0 Å². The average Bonchev–Trinajstić information content (AvgIpc) is 2.50. The molecule has 84 valence electrons. The molecule has 2 fully saturated rings. The quantitative estimate of drug-likeness (QED) is 0.556. The summed E-state index contributed by atoms with van der Waals surface area (Å²) in [7, 11) is 0. The Kier molecular flexibility index (Phi) is 2.40. The molecule has 0 aromatic rings. The van der Waals surface area contributed by atoms with Gasteiger partial charge in [0.1, 0.15) is 6.10 Å². The van der Waals surface area contributed by atoms with Gasteiger partial charge in [-0.25, -0.2) is 9.59 Å². The van der Waals surface area contributed by atoms with Crippen LogP contribution in [-0.2, 0) is 28.5 Å². The van der Waals surface area contributed by atoms with Crippen molar-refractivity contribution in [1.82, 2.24) is 0 Å². The maximum Gasteiger partial charge on any atom is 0.350 e. The van der Waals surface area contributed by atoms with Gasteiger partial charge < -0.3 is 18.9 Å². The number of carbonyl (C=O) groups is 2.